The first-order valence-corrected chi connectivity index (χ1v) is 5.72. The summed E-state index contributed by atoms with van der Waals surface area (Å²) >= 11 is 3.44. The Morgan fingerprint density at radius 2 is 1.94 bits per heavy atom. The summed E-state index contributed by atoms with van der Waals surface area (Å²) in [5.41, 5.74) is 9.18. The molecule has 0 aliphatic rings. The Kier molecular flexibility index (Phi) is 2.88. The van der Waals surface area contributed by atoms with Crippen molar-refractivity contribution in [3.8, 4) is 16.9 Å². The summed E-state index contributed by atoms with van der Waals surface area (Å²) in [4.78, 5) is 0. The lowest BCUT2D eigenvalue weighted by Crippen LogP contribution is -1.90. The van der Waals surface area contributed by atoms with Gasteiger partial charge < -0.3 is 10.8 Å². The first-order valence-electron chi connectivity index (χ1n) is 4.93. The monoisotopic (exact) mass is 277 g/mol. The second-order valence-corrected chi connectivity index (χ2v) is 4.67. The predicted octanol–water partition coefficient (Wildman–Crippen LogP) is 3.71. The van der Waals surface area contributed by atoms with Crippen LogP contribution in [0.3, 0.4) is 0 Å². The maximum Gasteiger partial charge on any atom is 0.125 e. The molecule has 0 spiro atoms. The maximum absolute atomic E-state index is 9.83. The maximum atomic E-state index is 9.83. The molecule has 82 valence electrons. The van der Waals surface area contributed by atoms with Gasteiger partial charge in [0.2, 0.25) is 0 Å². The summed E-state index contributed by atoms with van der Waals surface area (Å²) in [6, 6.07) is 11.1. The van der Waals surface area contributed by atoms with Crippen molar-refractivity contribution in [2.45, 2.75) is 6.92 Å². The van der Waals surface area contributed by atoms with E-state index in [1.165, 1.54) is 0 Å². The first kappa shape index (κ1) is 11.0. The second kappa shape index (κ2) is 4.18. The number of rotatable bonds is 1. The van der Waals surface area contributed by atoms with Crippen molar-refractivity contribution in [3.05, 3.63) is 46.4 Å². The van der Waals surface area contributed by atoms with Crippen LogP contribution in [0.25, 0.3) is 11.1 Å². The lowest BCUT2D eigenvalue weighted by atomic mass is 10.0. The summed E-state index contributed by atoms with van der Waals surface area (Å²) in [5.74, 6) is 0.206. The van der Waals surface area contributed by atoms with Crippen LogP contribution in [0.4, 0.5) is 5.69 Å². The van der Waals surface area contributed by atoms with Gasteiger partial charge in [0, 0.05) is 15.7 Å². The van der Waals surface area contributed by atoms with E-state index in [0.717, 1.165) is 15.6 Å². The summed E-state index contributed by atoms with van der Waals surface area (Å²) in [6.45, 7) is 2.00. The lowest BCUT2D eigenvalue weighted by molar-refractivity contribution is 0.477. The number of nitrogen functional groups attached to an aromatic ring is 1. The molecule has 0 amide bonds. The number of hydrogen-bond donors (Lipinski definition) is 2. The van der Waals surface area contributed by atoms with E-state index in [9.17, 15) is 5.11 Å². The van der Waals surface area contributed by atoms with Gasteiger partial charge in [-0.1, -0.05) is 28.1 Å². The van der Waals surface area contributed by atoms with E-state index in [1.54, 1.807) is 18.2 Å². The van der Waals surface area contributed by atoms with E-state index in [0.29, 0.717) is 11.3 Å². The van der Waals surface area contributed by atoms with Crippen molar-refractivity contribution in [3.63, 3.8) is 0 Å². The molecular weight excluding hydrogens is 266 g/mol. The number of aromatic hydroxyl groups is 1. The van der Waals surface area contributed by atoms with Crippen molar-refractivity contribution in [1.29, 1.82) is 0 Å². The minimum atomic E-state index is 0.206. The van der Waals surface area contributed by atoms with Gasteiger partial charge in [0.05, 0.1) is 0 Å². The van der Waals surface area contributed by atoms with Crippen LogP contribution in [0.2, 0.25) is 0 Å². The Balaban J connectivity index is 2.67. The van der Waals surface area contributed by atoms with E-state index >= 15 is 0 Å². The normalized spacial score (nSPS) is 10.4. The zero-order valence-corrected chi connectivity index (χ0v) is 10.5. The van der Waals surface area contributed by atoms with Crippen LogP contribution in [0.5, 0.6) is 5.75 Å². The molecule has 0 unspecified atom stereocenters. The van der Waals surface area contributed by atoms with E-state index in [1.807, 2.05) is 25.1 Å². The van der Waals surface area contributed by atoms with Crippen LogP contribution in [0.15, 0.2) is 40.9 Å². The highest BCUT2D eigenvalue weighted by atomic mass is 79.9. The lowest BCUT2D eigenvalue weighted by Gasteiger charge is -2.09. The van der Waals surface area contributed by atoms with Gasteiger partial charge in [-0.2, -0.15) is 0 Å². The molecule has 0 fully saturated rings. The van der Waals surface area contributed by atoms with Gasteiger partial charge in [-0.05, 0) is 42.3 Å². The molecule has 2 aromatic rings. The number of halogens is 1. The standard InChI is InChI=1S/C13H12BrNO/c1-8-5-9(7-10(14)6-8)13-11(15)3-2-4-12(13)16/h2-7,16H,15H2,1H3. The van der Waals surface area contributed by atoms with Gasteiger partial charge in [-0.15, -0.1) is 0 Å². The molecule has 3 heteroatoms. The molecule has 2 nitrogen and oxygen atoms in total. The smallest absolute Gasteiger partial charge is 0.125 e. The summed E-state index contributed by atoms with van der Waals surface area (Å²) in [7, 11) is 0. The molecule has 2 rings (SSSR count). The quantitative estimate of drug-likeness (QED) is 0.781. The fourth-order valence-electron chi connectivity index (χ4n) is 1.75. The third kappa shape index (κ3) is 2.04. The summed E-state index contributed by atoms with van der Waals surface area (Å²) in [5, 5.41) is 9.83. The number of phenols is 1. The van der Waals surface area contributed by atoms with Crippen LogP contribution >= 0.6 is 15.9 Å². The number of aryl methyl sites for hydroxylation is 1. The van der Waals surface area contributed by atoms with Gasteiger partial charge in [0.1, 0.15) is 5.75 Å². The third-order valence-electron chi connectivity index (χ3n) is 2.41. The SMILES string of the molecule is Cc1cc(Br)cc(-c2c(N)cccc2O)c1. The largest absolute Gasteiger partial charge is 0.507 e. The molecule has 0 saturated heterocycles. The molecule has 16 heavy (non-hydrogen) atoms. The van der Waals surface area contributed by atoms with Crippen LogP contribution in [0.1, 0.15) is 5.56 Å². The molecule has 0 heterocycles. The Morgan fingerprint density at radius 1 is 1.19 bits per heavy atom. The van der Waals surface area contributed by atoms with Gasteiger partial charge in [0.25, 0.3) is 0 Å². The fraction of sp³-hybridized carbons (Fsp3) is 0.0769. The number of anilines is 1. The molecular formula is C13H12BrNO. The van der Waals surface area contributed by atoms with E-state index in [-0.39, 0.29) is 5.75 Å². The number of phenolic OH excluding ortho intramolecular Hbond substituents is 1. The van der Waals surface area contributed by atoms with Crippen molar-refractivity contribution >= 4 is 21.6 Å². The van der Waals surface area contributed by atoms with Crippen molar-refractivity contribution < 1.29 is 5.11 Å². The highest BCUT2D eigenvalue weighted by molar-refractivity contribution is 9.10. The van der Waals surface area contributed by atoms with Crippen LogP contribution in [-0.2, 0) is 0 Å². The van der Waals surface area contributed by atoms with Gasteiger partial charge >= 0.3 is 0 Å². The van der Waals surface area contributed by atoms with E-state index in [2.05, 4.69) is 15.9 Å². The number of nitrogens with two attached hydrogens (primary N) is 1. The molecule has 3 N–H and O–H groups in total. The highest BCUT2D eigenvalue weighted by Gasteiger charge is 2.08. The van der Waals surface area contributed by atoms with Crippen molar-refractivity contribution in [1.82, 2.24) is 0 Å². The minimum Gasteiger partial charge on any atom is -0.507 e. The number of hydrogen-bond acceptors (Lipinski definition) is 2. The Bertz CT molecular complexity index is 497. The van der Waals surface area contributed by atoms with E-state index < -0.39 is 0 Å². The molecule has 0 atom stereocenters. The van der Waals surface area contributed by atoms with Gasteiger partial charge in [-0.25, -0.2) is 0 Å². The zero-order chi connectivity index (χ0) is 11.7. The van der Waals surface area contributed by atoms with Crippen molar-refractivity contribution in [2.24, 2.45) is 0 Å². The fourth-order valence-corrected chi connectivity index (χ4v) is 2.36. The minimum absolute atomic E-state index is 0.206. The van der Waals surface area contributed by atoms with Crippen LogP contribution in [0, 0.1) is 6.92 Å². The van der Waals surface area contributed by atoms with Crippen molar-refractivity contribution in [2.75, 3.05) is 5.73 Å². The van der Waals surface area contributed by atoms with Gasteiger partial charge in [-0.3, -0.25) is 0 Å². The average molecular weight is 278 g/mol. The zero-order valence-electron chi connectivity index (χ0n) is 8.87. The molecule has 2 aromatic carbocycles. The Labute approximate surface area is 103 Å². The first-order chi connectivity index (χ1) is 7.58. The molecule has 0 radical (unpaired) electrons. The molecule has 0 aromatic heterocycles. The Hall–Kier alpha value is -1.48. The highest BCUT2D eigenvalue weighted by Crippen LogP contribution is 2.35. The average Bonchev–Trinajstić information content (AvgIpc) is 2.15. The van der Waals surface area contributed by atoms with Gasteiger partial charge in [0.15, 0.2) is 0 Å². The molecule has 0 saturated carbocycles. The molecule has 0 bridgehead atoms. The van der Waals surface area contributed by atoms with Crippen LogP contribution < -0.4 is 5.73 Å². The molecule has 0 aliphatic carbocycles. The number of benzene rings is 2. The summed E-state index contributed by atoms with van der Waals surface area (Å²) < 4.78 is 0.977. The van der Waals surface area contributed by atoms with Crippen LogP contribution in [-0.4, -0.2) is 5.11 Å². The topological polar surface area (TPSA) is 46.2 Å². The third-order valence-corrected chi connectivity index (χ3v) is 2.86. The molecule has 0 aliphatic heterocycles. The Morgan fingerprint density at radius 3 is 2.56 bits per heavy atom. The van der Waals surface area contributed by atoms with E-state index in [4.69, 9.17) is 5.73 Å². The second-order valence-electron chi connectivity index (χ2n) is 3.76. The summed E-state index contributed by atoms with van der Waals surface area (Å²) in [6.07, 6.45) is 0. The predicted molar refractivity (Wildman–Crippen MR) is 70.4 cm³/mol.